The first-order valence-corrected chi connectivity index (χ1v) is 10.9. The molecule has 0 fully saturated rings. The SMILES string of the molecule is Cc1ccc(Nc2ccc3c(c2)ncn3-c2ccc(CCO)c(-c3ccc(O)cc3C#N)n2)nn1. The van der Waals surface area contributed by atoms with Gasteiger partial charge in [-0.2, -0.15) is 10.4 Å². The molecular formula is C26H21N7O2. The number of phenols is 1. The van der Waals surface area contributed by atoms with Crippen LogP contribution < -0.4 is 5.32 Å². The predicted octanol–water partition coefficient (Wildman–Crippen LogP) is 4.04. The maximum atomic E-state index is 9.80. The van der Waals surface area contributed by atoms with E-state index >= 15 is 0 Å². The number of rotatable bonds is 6. The lowest BCUT2D eigenvalue weighted by Crippen LogP contribution is -2.03. The van der Waals surface area contributed by atoms with Crippen molar-refractivity contribution in [1.82, 2.24) is 24.7 Å². The number of nitrogens with zero attached hydrogens (tertiary/aromatic N) is 6. The first-order valence-electron chi connectivity index (χ1n) is 10.9. The molecule has 5 rings (SSSR count). The molecule has 172 valence electrons. The van der Waals surface area contributed by atoms with Gasteiger partial charge in [0.1, 0.15) is 17.9 Å². The van der Waals surface area contributed by atoms with Crippen molar-refractivity contribution in [3.05, 3.63) is 83.8 Å². The Morgan fingerprint density at radius 3 is 2.69 bits per heavy atom. The topological polar surface area (TPSA) is 133 Å². The van der Waals surface area contributed by atoms with Crippen LogP contribution in [-0.4, -0.2) is 41.6 Å². The number of phenolic OH excluding ortho intramolecular Hbond substituents is 1. The van der Waals surface area contributed by atoms with Crippen LogP contribution in [0.25, 0.3) is 28.1 Å². The average molecular weight is 464 g/mol. The third kappa shape index (κ3) is 4.38. The van der Waals surface area contributed by atoms with Gasteiger partial charge >= 0.3 is 0 Å². The molecule has 0 bridgehead atoms. The molecule has 0 amide bonds. The van der Waals surface area contributed by atoms with Crippen molar-refractivity contribution in [3.8, 4) is 28.9 Å². The van der Waals surface area contributed by atoms with Crippen LogP contribution >= 0.6 is 0 Å². The zero-order valence-electron chi connectivity index (χ0n) is 18.8. The number of fused-ring (bicyclic) bond motifs is 1. The van der Waals surface area contributed by atoms with Crippen LogP contribution in [0.3, 0.4) is 0 Å². The second-order valence-corrected chi connectivity index (χ2v) is 8.00. The summed E-state index contributed by atoms with van der Waals surface area (Å²) in [7, 11) is 0. The normalized spacial score (nSPS) is 10.9. The quantitative estimate of drug-likeness (QED) is 0.344. The van der Waals surface area contributed by atoms with Crippen LogP contribution in [0.2, 0.25) is 0 Å². The highest BCUT2D eigenvalue weighted by Gasteiger charge is 2.15. The molecule has 9 nitrogen and oxygen atoms in total. The second-order valence-electron chi connectivity index (χ2n) is 8.00. The molecule has 0 aliphatic rings. The minimum absolute atomic E-state index is 0.00629. The summed E-state index contributed by atoms with van der Waals surface area (Å²) in [6, 6.07) is 20.0. The molecule has 0 saturated heterocycles. The smallest absolute Gasteiger partial charge is 0.153 e. The number of aryl methyl sites for hydroxylation is 1. The lowest BCUT2D eigenvalue weighted by Gasteiger charge is -2.13. The number of anilines is 2. The molecule has 0 atom stereocenters. The van der Waals surface area contributed by atoms with Crippen molar-refractivity contribution < 1.29 is 10.2 Å². The van der Waals surface area contributed by atoms with Crippen molar-refractivity contribution in [2.45, 2.75) is 13.3 Å². The van der Waals surface area contributed by atoms with Gasteiger partial charge in [0, 0.05) is 17.9 Å². The lowest BCUT2D eigenvalue weighted by atomic mass is 9.99. The molecule has 0 spiro atoms. The highest BCUT2D eigenvalue weighted by atomic mass is 16.3. The van der Waals surface area contributed by atoms with Crippen LogP contribution in [0, 0.1) is 18.3 Å². The maximum Gasteiger partial charge on any atom is 0.153 e. The number of hydrogen-bond donors (Lipinski definition) is 3. The molecular weight excluding hydrogens is 442 g/mol. The third-order valence-corrected chi connectivity index (χ3v) is 5.59. The van der Waals surface area contributed by atoms with Gasteiger partial charge < -0.3 is 15.5 Å². The van der Waals surface area contributed by atoms with Crippen LogP contribution in [0.15, 0.2) is 67.0 Å². The minimum atomic E-state index is -0.0524. The fourth-order valence-corrected chi connectivity index (χ4v) is 3.88. The fraction of sp³-hybridized carbons (Fsp3) is 0.115. The first-order chi connectivity index (χ1) is 17.1. The van der Waals surface area contributed by atoms with Gasteiger partial charge in [0.25, 0.3) is 0 Å². The average Bonchev–Trinajstić information content (AvgIpc) is 3.29. The number of aromatic nitrogens is 5. The van der Waals surface area contributed by atoms with E-state index in [4.69, 9.17) is 4.98 Å². The van der Waals surface area contributed by atoms with E-state index in [0.29, 0.717) is 34.9 Å². The summed E-state index contributed by atoms with van der Waals surface area (Å²) in [5, 5.41) is 40.4. The summed E-state index contributed by atoms with van der Waals surface area (Å²) >= 11 is 0. The second kappa shape index (κ2) is 9.21. The van der Waals surface area contributed by atoms with Crippen LogP contribution in [0.1, 0.15) is 16.8 Å². The Hall–Kier alpha value is -4.81. The van der Waals surface area contributed by atoms with Gasteiger partial charge in [0.05, 0.1) is 34.1 Å². The predicted molar refractivity (Wildman–Crippen MR) is 132 cm³/mol. The third-order valence-electron chi connectivity index (χ3n) is 5.59. The molecule has 3 aromatic heterocycles. The van der Waals surface area contributed by atoms with Gasteiger partial charge in [-0.05, 0) is 73.5 Å². The minimum Gasteiger partial charge on any atom is -0.508 e. The number of imidazole rings is 1. The molecule has 0 radical (unpaired) electrons. The number of nitrogens with one attached hydrogen (secondary N) is 1. The van der Waals surface area contributed by atoms with E-state index in [1.807, 2.05) is 54.0 Å². The van der Waals surface area contributed by atoms with Crippen molar-refractivity contribution in [3.63, 3.8) is 0 Å². The molecule has 0 aliphatic carbocycles. The number of hydrogen-bond acceptors (Lipinski definition) is 8. The monoisotopic (exact) mass is 463 g/mol. The molecule has 0 aliphatic heterocycles. The van der Waals surface area contributed by atoms with Gasteiger partial charge in [-0.25, -0.2) is 9.97 Å². The van der Waals surface area contributed by atoms with Gasteiger partial charge in [0.2, 0.25) is 0 Å². The van der Waals surface area contributed by atoms with Crippen molar-refractivity contribution in [2.75, 3.05) is 11.9 Å². The van der Waals surface area contributed by atoms with Gasteiger partial charge in [-0.1, -0.05) is 6.07 Å². The van der Waals surface area contributed by atoms with Gasteiger partial charge in [-0.15, -0.1) is 5.10 Å². The van der Waals surface area contributed by atoms with Gasteiger partial charge in [0.15, 0.2) is 5.82 Å². The molecule has 5 aromatic rings. The highest BCUT2D eigenvalue weighted by Crippen LogP contribution is 2.30. The highest BCUT2D eigenvalue weighted by molar-refractivity contribution is 5.82. The first kappa shape index (κ1) is 22.0. The summed E-state index contributed by atoms with van der Waals surface area (Å²) in [6.45, 7) is 1.83. The zero-order chi connectivity index (χ0) is 24.4. The molecule has 2 aromatic carbocycles. The van der Waals surface area contributed by atoms with Crippen LogP contribution in [0.5, 0.6) is 5.75 Å². The van der Waals surface area contributed by atoms with E-state index < -0.39 is 0 Å². The maximum absolute atomic E-state index is 9.80. The lowest BCUT2D eigenvalue weighted by molar-refractivity contribution is 0.299. The van der Waals surface area contributed by atoms with E-state index in [9.17, 15) is 15.5 Å². The van der Waals surface area contributed by atoms with Crippen molar-refractivity contribution >= 4 is 22.5 Å². The summed E-state index contributed by atoms with van der Waals surface area (Å²) in [6.07, 6.45) is 2.08. The summed E-state index contributed by atoms with van der Waals surface area (Å²) in [5.74, 6) is 1.26. The Morgan fingerprint density at radius 1 is 1.03 bits per heavy atom. The number of aromatic hydroxyl groups is 1. The van der Waals surface area contributed by atoms with Crippen molar-refractivity contribution in [1.29, 1.82) is 5.26 Å². The standard InChI is InChI=1S/C26H21N7O2/c1-16-2-8-24(32-31-16)29-19-4-7-23-22(13-19)28-15-33(23)25-9-3-17(10-11-34)26(30-25)21-6-5-20(35)12-18(21)14-27/h2-9,12-13,15,34-35H,10-11H2,1H3,(H,29,32). The van der Waals surface area contributed by atoms with E-state index in [1.54, 1.807) is 12.4 Å². The van der Waals surface area contributed by atoms with Crippen molar-refractivity contribution in [2.24, 2.45) is 0 Å². The zero-order valence-corrected chi connectivity index (χ0v) is 18.8. The Morgan fingerprint density at radius 2 is 1.91 bits per heavy atom. The van der Waals surface area contributed by atoms with E-state index in [-0.39, 0.29) is 12.4 Å². The number of aliphatic hydroxyl groups is 1. The number of pyridine rings is 1. The number of benzene rings is 2. The largest absolute Gasteiger partial charge is 0.508 e. The number of nitriles is 1. The van der Waals surface area contributed by atoms with Crippen LogP contribution in [-0.2, 0) is 6.42 Å². The van der Waals surface area contributed by atoms with E-state index in [0.717, 1.165) is 28.0 Å². The summed E-state index contributed by atoms with van der Waals surface area (Å²) < 4.78 is 1.86. The molecule has 3 N–H and O–H groups in total. The number of aliphatic hydroxyl groups excluding tert-OH is 1. The Labute approximate surface area is 201 Å². The Kier molecular flexibility index (Phi) is 5.79. The van der Waals surface area contributed by atoms with E-state index in [1.165, 1.54) is 12.1 Å². The fourth-order valence-electron chi connectivity index (χ4n) is 3.88. The summed E-state index contributed by atoms with van der Waals surface area (Å²) in [4.78, 5) is 9.38. The van der Waals surface area contributed by atoms with Gasteiger partial charge in [-0.3, -0.25) is 4.57 Å². The molecule has 0 saturated carbocycles. The van der Waals surface area contributed by atoms with Crippen LogP contribution in [0.4, 0.5) is 11.5 Å². The molecule has 35 heavy (non-hydrogen) atoms. The Bertz CT molecular complexity index is 1570. The van der Waals surface area contributed by atoms with E-state index in [2.05, 4.69) is 26.6 Å². The molecule has 3 heterocycles. The Balaban J connectivity index is 1.55. The molecule has 9 heteroatoms. The summed E-state index contributed by atoms with van der Waals surface area (Å²) in [5.41, 5.74) is 5.56. The molecule has 0 unspecified atom stereocenters.